The molecule has 0 bridgehead atoms. The molecule has 0 aliphatic carbocycles. The molecule has 18 heavy (non-hydrogen) atoms. The lowest BCUT2D eigenvalue weighted by atomic mass is 10.1. The van der Waals surface area contributed by atoms with Crippen LogP contribution in [0.4, 0.5) is 5.69 Å². The predicted molar refractivity (Wildman–Crippen MR) is 71.4 cm³/mol. The number of hydrogen-bond acceptors (Lipinski definition) is 3. The van der Waals surface area contributed by atoms with Crippen molar-refractivity contribution in [2.75, 3.05) is 17.7 Å². The molecule has 0 saturated carbocycles. The maximum Gasteiger partial charge on any atom is 0.223 e. The molecule has 5 heteroatoms. The van der Waals surface area contributed by atoms with Crippen LogP contribution in [0.3, 0.4) is 0 Å². The molecule has 1 atom stereocenters. The quantitative estimate of drug-likeness (QED) is 0.844. The minimum Gasteiger partial charge on any atom is -0.507 e. The van der Waals surface area contributed by atoms with Crippen LogP contribution in [-0.4, -0.2) is 28.0 Å². The first-order chi connectivity index (χ1) is 8.50. The number of carbonyl (C=O) groups is 1. The normalized spacial score (nSPS) is 16.9. The summed E-state index contributed by atoms with van der Waals surface area (Å²) in [5.41, 5.74) is 1.75. The van der Waals surface area contributed by atoms with Gasteiger partial charge in [0.2, 0.25) is 5.91 Å². The van der Waals surface area contributed by atoms with Crippen molar-refractivity contribution in [3.63, 3.8) is 0 Å². The molecule has 98 valence electrons. The number of phenolic OH excluding ortho intramolecular Hbond substituents is 1. The Morgan fingerprint density at radius 1 is 1.39 bits per heavy atom. The number of fused-ring (bicyclic) bond motifs is 1. The van der Waals surface area contributed by atoms with E-state index in [1.165, 1.54) is 13.2 Å². The lowest BCUT2D eigenvalue weighted by Crippen LogP contribution is -2.29. The van der Waals surface area contributed by atoms with Gasteiger partial charge in [-0.2, -0.15) is 0 Å². The van der Waals surface area contributed by atoms with Crippen LogP contribution in [0.1, 0.15) is 25.3 Å². The number of aromatic hydroxyl groups is 1. The second kappa shape index (κ2) is 5.10. The fourth-order valence-corrected chi connectivity index (χ4v) is 2.95. The van der Waals surface area contributed by atoms with E-state index >= 15 is 0 Å². The Morgan fingerprint density at radius 3 is 2.72 bits per heavy atom. The van der Waals surface area contributed by atoms with Gasteiger partial charge in [0.05, 0.1) is 15.7 Å². The number of aryl methyl sites for hydroxylation is 1. The highest BCUT2D eigenvalue weighted by atomic mass is 32.2. The molecule has 1 aliphatic rings. The Kier molecular flexibility index (Phi) is 3.71. The topological polar surface area (TPSA) is 57.6 Å². The van der Waals surface area contributed by atoms with Gasteiger partial charge >= 0.3 is 0 Å². The van der Waals surface area contributed by atoms with E-state index in [2.05, 4.69) is 0 Å². The van der Waals surface area contributed by atoms with Crippen LogP contribution in [0.25, 0.3) is 0 Å². The molecular formula is C13H17NO3S. The van der Waals surface area contributed by atoms with E-state index in [-0.39, 0.29) is 11.7 Å². The van der Waals surface area contributed by atoms with Gasteiger partial charge in [0.1, 0.15) is 5.75 Å². The minimum absolute atomic E-state index is 0.0170. The molecule has 2 rings (SSSR count). The van der Waals surface area contributed by atoms with Gasteiger partial charge in [-0.25, -0.2) is 0 Å². The fourth-order valence-electron chi connectivity index (χ4n) is 2.32. The molecule has 0 radical (unpaired) electrons. The van der Waals surface area contributed by atoms with E-state index in [9.17, 15) is 14.1 Å². The van der Waals surface area contributed by atoms with Crippen LogP contribution >= 0.6 is 0 Å². The van der Waals surface area contributed by atoms with Crippen LogP contribution in [0, 0.1) is 0 Å². The Hall–Kier alpha value is -1.36. The third kappa shape index (κ3) is 2.41. The summed E-state index contributed by atoms with van der Waals surface area (Å²) in [6.45, 7) is 2.22. The smallest absolute Gasteiger partial charge is 0.223 e. The van der Waals surface area contributed by atoms with Crippen molar-refractivity contribution in [2.45, 2.75) is 31.1 Å². The summed E-state index contributed by atoms with van der Waals surface area (Å²) >= 11 is 0. The van der Waals surface area contributed by atoms with Crippen molar-refractivity contribution in [1.82, 2.24) is 0 Å². The van der Waals surface area contributed by atoms with E-state index in [0.29, 0.717) is 11.4 Å². The van der Waals surface area contributed by atoms with E-state index in [1.54, 1.807) is 17.0 Å². The molecule has 0 fully saturated rings. The second-order valence-electron chi connectivity index (χ2n) is 4.53. The van der Waals surface area contributed by atoms with E-state index < -0.39 is 10.8 Å². The molecular weight excluding hydrogens is 250 g/mol. The number of nitrogens with zero attached hydrogens (tertiary/aromatic N) is 1. The zero-order valence-electron chi connectivity index (χ0n) is 10.6. The second-order valence-corrected chi connectivity index (χ2v) is 5.88. The average Bonchev–Trinajstić information content (AvgIpc) is 2.49. The Morgan fingerprint density at radius 2 is 2.11 bits per heavy atom. The maximum atomic E-state index is 11.7. The zero-order chi connectivity index (χ0) is 13.3. The van der Waals surface area contributed by atoms with Crippen LogP contribution in [0.2, 0.25) is 0 Å². The fraction of sp³-hybridized carbons (Fsp3) is 0.462. The van der Waals surface area contributed by atoms with Crippen LogP contribution in [0.15, 0.2) is 17.0 Å². The van der Waals surface area contributed by atoms with Crippen molar-refractivity contribution in [2.24, 2.45) is 0 Å². The molecule has 1 aromatic rings. The third-order valence-electron chi connectivity index (χ3n) is 3.22. The lowest BCUT2D eigenvalue weighted by Gasteiger charge is -2.22. The van der Waals surface area contributed by atoms with Gasteiger partial charge in [0.25, 0.3) is 0 Å². The Bertz CT molecular complexity index is 513. The Balaban J connectivity index is 2.58. The summed E-state index contributed by atoms with van der Waals surface area (Å²) in [5.74, 6) is 0.0386. The summed E-state index contributed by atoms with van der Waals surface area (Å²) < 4.78 is 11.6. The highest BCUT2D eigenvalue weighted by Crippen LogP contribution is 2.33. The van der Waals surface area contributed by atoms with Gasteiger partial charge in [-0.1, -0.05) is 0 Å². The molecule has 0 saturated heterocycles. The summed E-state index contributed by atoms with van der Waals surface area (Å²) in [4.78, 5) is 13.8. The van der Waals surface area contributed by atoms with Crippen molar-refractivity contribution in [3.8, 4) is 5.75 Å². The minimum atomic E-state index is -1.26. The molecule has 1 aromatic carbocycles. The van der Waals surface area contributed by atoms with Gasteiger partial charge in [0.15, 0.2) is 0 Å². The number of anilines is 1. The highest BCUT2D eigenvalue weighted by molar-refractivity contribution is 7.84. The number of rotatable bonds is 1. The molecule has 1 unspecified atom stereocenters. The molecule has 4 nitrogen and oxygen atoms in total. The van der Waals surface area contributed by atoms with Crippen molar-refractivity contribution < 1.29 is 14.1 Å². The molecule has 0 aromatic heterocycles. The van der Waals surface area contributed by atoms with Crippen molar-refractivity contribution in [1.29, 1.82) is 0 Å². The number of hydrogen-bond donors (Lipinski definition) is 1. The van der Waals surface area contributed by atoms with E-state index in [1.807, 2.05) is 0 Å². The third-order valence-corrected chi connectivity index (χ3v) is 4.17. The lowest BCUT2D eigenvalue weighted by molar-refractivity contribution is -0.116. The van der Waals surface area contributed by atoms with Crippen molar-refractivity contribution >= 4 is 22.4 Å². The van der Waals surface area contributed by atoms with Gasteiger partial charge in [0, 0.05) is 25.4 Å². The Labute approximate surface area is 109 Å². The molecule has 1 aliphatic heterocycles. The van der Waals surface area contributed by atoms with Gasteiger partial charge in [-0.05, 0) is 37.0 Å². The van der Waals surface area contributed by atoms with E-state index in [4.69, 9.17) is 0 Å². The van der Waals surface area contributed by atoms with Gasteiger partial charge < -0.3 is 10.0 Å². The summed E-state index contributed by atoms with van der Waals surface area (Å²) in [6, 6.07) is 3.33. The van der Waals surface area contributed by atoms with Gasteiger partial charge in [-0.15, -0.1) is 0 Å². The first-order valence-corrected chi connectivity index (χ1v) is 7.54. The number of carbonyl (C=O) groups excluding carboxylic acids is 1. The largest absolute Gasteiger partial charge is 0.507 e. The zero-order valence-corrected chi connectivity index (χ0v) is 11.4. The van der Waals surface area contributed by atoms with Crippen molar-refractivity contribution in [3.05, 3.63) is 17.7 Å². The molecule has 1 heterocycles. The first kappa shape index (κ1) is 13.1. The monoisotopic (exact) mass is 267 g/mol. The molecule has 1 N–H and O–H groups in total. The first-order valence-electron chi connectivity index (χ1n) is 5.98. The summed E-state index contributed by atoms with van der Waals surface area (Å²) in [6.07, 6.45) is 4.30. The van der Waals surface area contributed by atoms with Crippen LogP contribution in [-0.2, 0) is 22.0 Å². The highest BCUT2D eigenvalue weighted by Gasteiger charge is 2.21. The number of amides is 1. The maximum absolute atomic E-state index is 11.7. The summed E-state index contributed by atoms with van der Waals surface area (Å²) in [7, 11) is -1.26. The molecule has 0 spiro atoms. The average molecular weight is 267 g/mol. The number of benzene rings is 1. The van der Waals surface area contributed by atoms with Gasteiger partial charge in [-0.3, -0.25) is 9.00 Å². The summed E-state index contributed by atoms with van der Waals surface area (Å²) in [5, 5.41) is 9.86. The SMILES string of the molecule is CC(=O)N1CCCCc2cc(O)c(S(C)=O)cc21. The van der Waals surface area contributed by atoms with E-state index in [0.717, 1.165) is 30.5 Å². The predicted octanol–water partition coefficient (Wildman–Crippen LogP) is 1.82. The molecule has 1 amide bonds. The van der Waals surface area contributed by atoms with Crippen LogP contribution in [0.5, 0.6) is 5.75 Å². The standard InChI is InChI=1S/C13H17NO3S/c1-9(15)14-6-4-3-5-10-7-12(16)13(18(2)17)8-11(10)14/h7-8,16H,3-6H2,1-2H3. The number of phenols is 1. The van der Waals surface area contributed by atoms with Crippen LogP contribution < -0.4 is 4.90 Å².